The summed E-state index contributed by atoms with van der Waals surface area (Å²) in [6.07, 6.45) is 5.10. The molecular weight excluding hydrogens is 244 g/mol. The van der Waals surface area contributed by atoms with Crippen LogP contribution in [0.3, 0.4) is 0 Å². The van der Waals surface area contributed by atoms with Crippen LogP contribution >= 0.6 is 11.5 Å². The summed E-state index contributed by atoms with van der Waals surface area (Å²) in [4.78, 5) is 2.57. The van der Waals surface area contributed by atoms with Crippen molar-refractivity contribution in [3.8, 4) is 0 Å². The molecule has 0 aliphatic carbocycles. The summed E-state index contributed by atoms with van der Waals surface area (Å²) in [5.74, 6) is 0. The van der Waals surface area contributed by atoms with Gasteiger partial charge in [0.05, 0.1) is 0 Å². The molecule has 0 aromatic carbocycles. The van der Waals surface area contributed by atoms with Gasteiger partial charge in [-0.2, -0.15) is 0 Å². The molecule has 1 aliphatic heterocycles. The number of aromatic nitrogens is 2. The average molecular weight is 268 g/mol. The van der Waals surface area contributed by atoms with Crippen LogP contribution in [-0.4, -0.2) is 33.1 Å². The molecule has 4 nitrogen and oxygen atoms in total. The van der Waals surface area contributed by atoms with Crippen LogP contribution in [0, 0.1) is 0 Å². The highest BCUT2D eigenvalue weighted by Crippen LogP contribution is 2.27. The Labute approximate surface area is 114 Å². The lowest BCUT2D eigenvalue weighted by Crippen LogP contribution is -2.43. The number of rotatable bonds is 5. The van der Waals surface area contributed by atoms with Crippen LogP contribution in [0.25, 0.3) is 0 Å². The van der Waals surface area contributed by atoms with Crippen LogP contribution < -0.4 is 5.32 Å². The van der Waals surface area contributed by atoms with Crippen molar-refractivity contribution < 1.29 is 0 Å². The zero-order valence-electron chi connectivity index (χ0n) is 11.6. The highest BCUT2D eigenvalue weighted by Gasteiger charge is 2.26. The second-order valence-electron chi connectivity index (χ2n) is 5.28. The van der Waals surface area contributed by atoms with Gasteiger partial charge in [0.15, 0.2) is 0 Å². The number of hydrogen-bond acceptors (Lipinski definition) is 5. The second-order valence-corrected chi connectivity index (χ2v) is 6.03. The molecule has 1 saturated heterocycles. The molecule has 2 unspecified atom stereocenters. The van der Waals surface area contributed by atoms with Gasteiger partial charge in [0.25, 0.3) is 0 Å². The van der Waals surface area contributed by atoms with Crippen LogP contribution in [0.1, 0.15) is 52.1 Å². The van der Waals surface area contributed by atoms with E-state index in [0.717, 1.165) is 30.2 Å². The number of hydrogen-bond donors (Lipinski definition) is 1. The summed E-state index contributed by atoms with van der Waals surface area (Å²) >= 11 is 1.48. The molecule has 102 valence electrons. The van der Waals surface area contributed by atoms with E-state index in [1.165, 1.54) is 30.8 Å². The Balaban J connectivity index is 2.01. The number of nitrogens with one attached hydrogen (secondary N) is 1. The maximum atomic E-state index is 4.30. The van der Waals surface area contributed by atoms with Crippen LogP contribution in [-0.2, 0) is 6.54 Å². The molecule has 0 bridgehead atoms. The Morgan fingerprint density at radius 3 is 2.72 bits per heavy atom. The normalized spacial score (nSPS) is 25.3. The SMILES string of the molecule is CCCNc1snnc1CN1C(C)CCCC1C. The number of piperidine rings is 1. The van der Waals surface area contributed by atoms with Gasteiger partial charge in [0.2, 0.25) is 0 Å². The first-order valence-corrected chi connectivity index (χ1v) is 7.80. The zero-order valence-corrected chi connectivity index (χ0v) is 12.5. The van der Waals surface area contributed by atoms with Crippen LogP contribution in [0.4, 0.5) is 5.00 Å². The van der Waals surface area contributed by atoms with Crippen LogP contribution in [0.2, 0.25) is 0 Å². The first-order valence-electron chi connectivity index (χ1n) is 7.03. The predicted molar refractivity (Wildman–Crippen MR) is 77.0 cm³/mol. The molecule has 0 radical (unpaired) electrons. The predicted octanol–water partition coefficient (Wildman–Crippen LogP) is 3.12. The Kier molecular flexibility index (Phi) is 4.95. The summed E-state index contributed by atoms with van der Waals surface area (Å²) in [6.45, 7) is 8.77. The minimum atomic E-state index is 0.662. The topological polar surface area (TPSA) is 41.1 Å². The minimum Gasteiger partial charge on any atom is -0.374 e. The van der Waals surface area contributed by atoms with E-state index in [9.17, 15) is 0 Å². The lowest BCUT2D eigenvalue weighted by molar-refractivity contribution is 0.0940. The van der Waals surface area contributed by atoms with E-state index in [4.69, 9.17) is 0 Å². The van der Waals surface area contributed by atoms with Gasteiger partial charge in [-0.15, -0.1) is 5.10 Å². The van der Waals surface area contributed by atoms with E-state index in [-0.39, 0.29) is 0 Å². The summed E-state index contributed by atoms with van der Waals surface area (Å²) in [6, 6.07) is 1.32. The van der Waals surface area contributed by atoms with E-state index in [2.05, 4.69) is 40.6 Å². The molecule has 0 amide bonds. The summed E-state index contributed by atoms with van der Waals surface area (Å²) in [5, 5.41) is 8.88. The van der Waals surface area contributed by atoms with Gasteiger partial charge in [-0.3, -0.25) is 4.90 Å². The molecule has 2 atom stereocenters. The Bertz CT molecular complexity index is 356. The maximum absolute atomic E-state index is 4.30. The smallest absolute Gasteiger partial charge is 0.134 e. The van der Waals surface area contributed by atoms with Crippen molar-refractivity contribution >= 4 is 16.5 Å². The van der Waals surface area contributed by atoms with Crippen molar-refractivity contribution in [1.82, 2.24) is 14.5 Å². The van der Waals surface area contributed by atoms with Crippen molar-refractivity contribution in [3.63, 3.8) is 0 Å². The van der Waals surface area contributed by atoms with Gasteiger partial charge >= 0.3 is 0 Å². The van der Waals surface area contributed by atoms with Gasteiger partial charge in [-0.1, -0.05) is 17.8 Å². The summed E-state index contributed by atoms with van der Waals surface area (Å²) in [7, 11) is 0. The molecule has 1 fully saturated rings. The van der Waals surface area contributed by atoms with Crippen LogP contribution in [0.5, 0.6) is 0 Å². The molecular formula is C13H24N4S. The Morgan fingerprint density at radius 1 is 1.33 bits per heavy atom. The Hall–Kier alpha value is -0.680. The van der Waals surface area contributed by atoms with Crippen molar-refractivity contribution in [2.45, 2.75) is 65.1 Å². The summed E-state index contributed by atoms with van der Waals surface area (Å²) in [5.41, 5.74) is 1.12. The van der Waals surface area contributed by atoms with Gasteiger partial charge in [0, 0.05) is 36.7 Å². The molecule has 18 heavy (non-hydrogen) atoms. The van der Waals surface area contributed by atoms with Gasteiger partial charge in [-0.25, -0.2) is 0 Å². The van der Waals surface area contributed by atoms with E-state index in [0.29, 0.717) is 12.1 Å². The van der Waals surface area contributed by atoms with Crippen molar-refractivity contribution in [3.05, 3.63) is 5.69 Å². The molecule has 1 aromatic heterocycles. The lowest BCUT2D eigenvalue weighted by Gasteiger charge is -2.38. The minimum absolute atomic E-state index is 0.662. The third-order valence-electron chi connectivity index (χ3n) is 3.80. The Morgan fingerprint density at radius 2 is 2.06 bits per heavy atom. The first kappa shape index (κ1) is 13.7. The van der Waals surface area contributed by atoms with Crippen LogP contribution in [0.15, 0.2) is 0 Å². The zero-order chi connectivity index (χ0) is 13.0. The van der Waals surface area contributed by atoms with Gasteiger partial charge in [-0.05, 0) is 33.1 Å². The maximum Gasteiger partial charge on any atom is 0.134 e. The first-order chi connectivity index (χ1) is 8.72. The van der Waals surface area contributed by atoms with Crippen molar-refractivity contribution in [2.75, 3.05) is 11.9 Å². The molecule has 2 heterocycles. The van der Waals surface area contributed by atoms with Gasteiger partial charge in [0.1, 0.15) is 10.7 Å². The van der Waals surface area contributed by atoms with Crippen molar-refractivity contribution in [2.24, 2.45) is 0 Å². The summed E-state index contributed by atoms with van der Waals surface area (Å²) < 4.78 is 4.09. The second kappa shape index (κ2) is 6.48. The highest BCUT2D eigenvalue weighted by atomic mass is 32.1. The van der Waals surface area contributed by atoms with E-state index in [1.807, 2.05) is 0 Å². The number of nitrogens with zero attached hydrogens (tertiary/aromatic N) is 3. The fourth-order valence-corrected chi connectivity index (χ4v) is 3.24. The standard InChI is InChI=1S/C13H24N4S/c1-4-8-14-13-12(15-16-18-13)9-17-10(2)6-5-7-11(17)3/h10-11,14H,4-9H2,1-3H3. The quantitative estimate of drug-likeness (QED) is 0.891. The van der Waals surface area contributed by atoms with E-state index in [1.54, 1.807) is 0 Å². The number of anilines is 1. The molecule has 2 rings (SSSR count). The number of likely N-dealkylation sites (tertiary alicyclic amines) is 1. The third-order valence-corrected chi connectivity index (χ3v) is 4.53. The fraction of sp³-hybridized carbons (Fsp3) is 0.846. The largest absolute Gasteiger partial charge is 0.374 e. The monoisotopic (exact) mass is 268 g/mol. The average Bonchev–Trinajstić information content (AvgIpc) is 2.79. The molecule has 1 N–H and O–H groups in total. The molecule has 5 heteroatoms. The van der Waals surface area contributed by atoms with Crippen molar-refractivity contribution in [1.29, 1.82) is 0 Å². The van der Waals surface area contributed by atoms with Gasteiger partial charge < -0.3 is 5.32 Å². The lowest BCUT2D eigenvalue weighted by atomic mass is 9.97. The van der Waals surface area contributed by atoms with E-state index < -0.39 is 0 Å². The molecule has 1 aliphatic rings. The highest BCUT2D eigenvalue weighted by molar-refractivity contribution is 7.10. The molecule has 0 saturated carbocycles. The molecule has 0 spiro atoms. The third kappa shape index (κ3) is 3.20. The fourth-order valence-electron chi connectivity index (χ4n) is 2.64. The molecule has 1 aromatic rings. The van der Waals surface area contributed by atoms with E-state index >= 15 is 0 Å².